The molecule has 1 aliphatic heterocycles. The maximum atomic E-state index is 13.1. The van der Waals surface area contributed by atoms with Gasteiger partial charge in [-0.05, 0) is 31.4 Å². The maximum absolute atomic E-state index is 13.1. The lowest BCUT2D eigenvalue weighted by Gasteiger charge is -2.34. The molecule has 3 rings (SSSR count). The first-order valence-electron chi connectivity index (χ1n) is 8.56. The minimum atomic E-state index is -1.21. The highest BCUT2D eigenvalue weighted by Crippen LogP contribution is 2.33. The number of nitrogens with zero attached hydrogens (tertiary/aromatic N) is 1. The summed E-state index contributed by atoms with van der Waals surface area (Å²) in [6.45, 7) is 5.77. The van der Waals surface area contributed by atoms with E-state index in [1.807, 2.05) is 18.2 Å². The van der Waals surface area contributed by atoms with Gasteiger partial charge in [0.25, 0.3) is 0 Å². The third-order valence-electron chi connectivity index (χ3n) is 4.50. The number of hydrogen-bond acceptors (Lipinski definition) is 5. The topological polar surface area (TPSA) is 55.8 Å². The van der Waals surface area contributed by atoms with E-state index in [2.05, 4.69) is 12.1 Å². The van der Waals surface area contributed by atoms with Gasteiger partial charge in [-0.25, -0.2) is 0 Å². The molecule has 0 saturated carbocycles. The van der Waals surface area contributed by atoms with Crippen LogP contribution in [0.25, 0.3) is 10.1 Å². The monoisotopic (exact) mass is 361 g/mol. The zero-order chi connectivity index (χ0) is 17.9. The highest BCUT2D eigenvalue weighted by atomic mass is 32.1. The van der Waals surface area contributed by atoms with Crippen LogP contribution >= 0.6 is 11.3 Å². The normalized spacial score (nSPS) is 17.3. The van der Waals surface area contributed by atoms with Crippen molar-refractivity contribution in [3.63, 3.8) is 0 Å². The zero-order valence-corrected chi connectivity index (χ0v) is 15.4. The number of fused-ring (bicyclic) bond motifs is 1. The summed E-state index contributed by atoms with van der Waals surface area (Å²) in [5.74, 6) is -0.629. The highest BCUT2D eigenvalue weighted by Gasteiger charge is 2.45. The van der Waals surface area contributed by atoms with E-state index in [0.29, 0.717) is 32.7 Å². The van der Waals surface area contributed by atoms with Crippen LogP contribution in [0, 0.1) is 5.41 Å². The molecule has 2 aromatic rings. The lowest BCUT2D eigenvalue weighted by molar-refractivity contribution is -0.165. The minimum absolute atomic E-state index is 0.174. The van der Waals surface area contributed by atoms with E-state index < -0.39 is 11.4 Å². The second kappa shape index (κ2) is 7.54. The summed E-state index contributed by atoms with van der Waals surface area (Å²) in [5.41, 5.74) is -1.21. The Hall–Kier alpha value is -1.92. The molecular weight excluding hydrogens is 338 g/mol. The molecule has 0 aliphatic carbocycles. The third kappa shape index (κ3) is 3.70. The van der Waals surface area contributed by atoms with Crippen molar-refractivity contribution in [1.29, 1.82) is 0 Å². The fraction of sp³-hybridized carbons (Fsp3) is 0.474. The molecule has 1 amide bonds. The fourth-order valence-electron chi connectivity index (χ4n) is 3.11. The van der Waals surface area contributed by atoms with Gasteiger partial charge in [0.15, 0.2) is 0 Å². The highest BCUT2D eigenvalue weighted by molar-refractivity contribution is 7.19. The number of rotatable bonds is 5. The van der Waals surface area contributed by atoms with Gasteiger partial charge in [0.1, 0.15) is 5.41 Å². The van der Waals surface area contributed by atoms with E-state index in [1.165, 1.54) is 0 Å². The van der Waals surface area contributed by atoms with Gasteiger partial charge in [-0.3, -0.25) is 9.59 Å². The van der Waals surface area contributed by atoms with E-state index >= 15 is 0 Å². The largest absolute Gasteiger partial charge is 0.465 e. The first kappa shape index (κ1) is 17.9. The van der Waals surface area contributed by atoms with Gasteiger partial charge >= 0.3 is 5.97 Å². The summed E-state index contributed by atoms with van der Waals surface area (Å²) < 4.78 is 11.7. The Morgan fingerprint density at radius 1 is 1.28 bits per heavy atom. The average molecular weight is 361 g/mol. The lowest BCUT2D eigenvalue weighted by Crippen LogP contribution is -2.52. The van der Waals surface area contributed by atoms with Gasteiger partial charge in [0, 0.05) is 29.1 Å². The summed E-state index contributed by atoms with van der Waals surface area (Å²) in [7, 11) is 0. The van der Waals surface area contributed by atoms with E-state index in [1.54, 1.807) is 30.1 Å². The zero-order valence-electron chi connectivity index (χ0n) is 14.6. The van der Waals surface area contributed by atoms with Crippen LogP contribution < -0.4 is 0 Å². The number of esters is 1. The predicted octanol–water partition coefficient (Wildman–Crippen LogP) is 2.87. The minimum Gasteiger partial charge on any atom is -0.465 e. The number of carbonyl (C=O) groups is 2. The number of amides is 1. The van der Waals surface area contributed by atoms with Gasteiger partial charge in [0.2, 0.25) is 5.91 Å². The van der Waals surface area contributed by atoms with E-state index in [0.717, 1.165) is 15.0 Å². The molecule has 1 fully saturated rings. The molecule has 134 valence electrons. The third-order valence-corrected chi connectivity index (χ3v) is 5.62. The Morgan fingerprint density at radius 2 is 2.00 bits per heavy atom. The van der Waals surface area contributed by atoms with Crippen molar-refractivity contribution in [2.45, 2.75) is 20.3 Å². The summed E-state index contributed by atoms with van der Waals surface area (Å²) in [6, 6.07) is 10.1. The first-order valence-corrected chi connectivity index (χ1v) is 9.38. The van der Waals surface area contributed by atoms with Crippen molar-refractivity contribution in [2.24, 2.45) is 5.41 Å². The number of hydrogen-bond donors (Lipinski definition) is 0. The van der Waals surface area contributed by atoms with Gasteiger partial charge in [0.05, 0.1) is 19.8 Å². The van der Waals surface area contributed by atoms with Crippen molar-refractivity contribution in [3.05, 3.63) is 35.2 Å². The molecule has 0 spiro atoms. The van der Waals surface area contributed by atoms with Crippen LogP contribution in [0.4, 0.5) is 0 Å². The number of benzene rings is 1. The Morgan fingerprint density at radius 3 is 2.68 bits per heavy atom. The summed E-state index contributed by atoms with van der Waals surface area (Å²) in [6.07, 6.45) is 0.349. The second-order valence-corrected chi connectivity index (χ2v) is 7.55. The number of thiophene rings is 1. The van der Waals surface area contributed by atoms with Crippen LogP contribution in [0.5, 0.6) is 0 Å². The standard InChI is InChI=1S/C19H23NO4S/c1-3-24-18(22)19(2,17(21)20-8-10-23-11-9-20)13-15-12-14-6-4-5-7-16(14)25-15/h4-7,12H,3,8-11,13H2,1-2H3. The molecule has 1 aliphatic rings. The van der Waals surface area contributed by atoms with Crippen molar-refractivity contribution >= 4 is 33.3 Å². The summed E-state index contributed by atoms with van der Waals surface area (Å²) in [4.78, 5) is 28.5. The van der Waals surface area contributed by atoms with Crippen LogP contribution in [-0.2, 0) is 25.5 Å². The fourth-order valence-corrected chi connectivity index (χ4v) is 4.33. The molecule has 6 heteroatoms. The molecule has 0 radical (unpaired) electrons. The van der Waals surface area contributed by atoms with Crippen molar-refractivity contribution in [1.82, 2.24) is 4.90 Å². The van der Waals surface area contributed by atoms with Gasteiger partial charge in [-0.15, -0.1) is 11.3 Å². The number of ether oxygens (including phenoxy) is 2. The van der Waals surface area contributed by atoms with Crippen LogP contribution in [0.1, 0.15) is 18.7 Å². The molecule has 1 aromatic heterocycles. The van der Waals surface area contributed by atoms with Crippen molar-refractivity contribution in [2.75, 3.05) is 32.9 Å². The predicted molar refractivity (Wildman–Crippen MR) is 97.7 cm³/mol. The number of carbonyl (C=O) groups excluding carboxylic acids is 2. The Labute approximate surface area is 151 Å². The van der Waals surface area contributed by atoms with Gasteiger partial charge in [-0.2, -0.15) is 0 Å². The SMILES string of the molecule is CCOC(=O)C(C)(Cc1cc2ccccc2s1)C(=O)N1CCOCC1. The van der Waals surface area contributed by atoms with Crippen LogP contribution in [-0.4, -0.2) is 49.7 Å². The molecule has 5 nitrogen and oxygen atoms in total. The van der Waals surface area contributed by atoms with Crippen LogP contribution in [0.2, 0.25) is 0 Å². The second-order valence-electron chi connectivity index (χ2n) is 6.38. The summed E-state index contributed by atoms with van der Waals surface area (Å²) >= 11 is 1.62. The van der Waals surface area contributed by atoms with E-state index in [-0.39, 0.29) is 12.5 Å². The quantitative estimate of drug-likeness (QED) is 0.607. The molecule has 1 unspecified atom stereocenters. The molecule has 0 bridgehead atoms. The molecular formula is C19H23NO4S. The Kier molecular flexibility index (Phi) is 5.39. The molecule has 2 heterocycles. The molecule has 0 N–H and O–H groups in total. The molecule has 1 aromatic carbocycles. The van der Waals surface area contributed by atoms with Crippen LogP contribution in [0.15, 0.2) is 30.3 Å². The molecule has 25 heavy (non-hydrogen) atoms. The van der Waals surface area contributed by atoms with Gasteiger partial charge < -0.3 is 14.4 Å². The Balaban J connectivity index is 1.89. The first-order chi connectivity index (χ1) is 12.0. The van der Waals surface area contributed by atoms with E-state index in [9.17, 15) is 9.59 Å². The van der Waals surface area contributed by atoms with E-state index in [4.69, 9.17) is 9.47 Å². The van der Waals surface area contributed by atoms with Crippen molar-refractivity contribution in [3.8, 4) is 0 Å². The molecule has 1 saturated heterocycles. The van der Waals surface area contributed by atoms with Crippen molar-refractivity contribution < 1.29 is 19.1 Å². The maximum Gasteiger partial charge on any atom is 0.321 e. The smallest absolute Gasteiger partial charge is 0.321 e. The summed E-state index contributed by atoms with van der Waals surface area (Å²) in [5, 5.41) is 1.13. The molecule has 1 atom stereocenters. The lowest BCUT2D eigenvalue weighted by atomic mass is 9.84. The number of morpholine rings is 1. The van der Waals surface area contributed by atoms with Crippen LogP contribution in [0.3, 0.4) is 0 Å². The average Bonchev–Trinajstić information content (AvgIpc) is 3.04. The Bertz CT molecular complexity index is 733. The van der Waals surface area contributed by atoms with Gasteiger partial charge in [-0.1, -0.05) is 18.2 Å².